The van der Waals surface area contributed by atoms with Crippen molar-refractivity contribution >= 4 is 65.5 Å². The van der Waals surface area contributed by atoms with Gasteiger partial charge in [0.1, 0.15) is 0 Å². The first-order chi connectivity index (χ1) is 16.8. The Bertz CT molecular complexity index is 2080. The average molecular weight is 437 g/mol. The van der Waals surface area contributed by atoms with Gasteiger partial charge in [-0.25, -0.2) is 0 Å². The quantitative estimate of drug-likeness (QED) is 0.245. The Kier molecular flexibility index (Phi) is 3.39. The third-order valence-corrected chi connectivity index (χ3v) is 7.51. The highest BCUT2D eigenvalue weighted by atomic mass is 16.1. The highest BCUT2D eigenvalue weighted by Crippen LogP contribution is 2.42. The Labute approximate surface area is 194 Å². The van der Waals surface area contributed by atoms with Crippen molar-refractivity contribution in [2.45, 2.75) is 12.8 Å². The van der Waals surface area contributed by atoms with Crippen LogP contribution >= 0.6 is 0 Å². The van der Waals surface area contributed by atoms with E-state index in [2.05, 4.69) is 83.5 Å². The van der Waals surface area contributed by atoms with Crippen molar-refractivity contribution in [3.63, 3.8) is 0 Å². The zero-order chi connectivity index (χ0) is 22.4. The number of rotatable bonds is 1. The van der Waals surface area contributed by atoms with Crippen LogP contribution in [0.2, 0.25) is 0 Å². The molecule has 0 unspecified atom stereocenters. The summed E-state index contributed by atoms with van der Waals surface area (Å²) >= 11 is 0. The number of benzene rings is 4. The zero-order valence-corrected chi connectivity index (χ0v) is 18.5. The van der Waals surface area contributed by atoms with E-state index in [1.54, 1.807) is 0 Å². The number of pyridine rings is 1. The van der Waals surface area contributed by atoms with Gasteiger partial charge in [0.2, 0.25) is 0 Å². The Balaban J connectivity index is 1.71. The number of nitrogens with zero attached hydrogens (tertiary/aromatic N) is 2. The van der Waals surface area contributed by atoms with E-state index in [0.29, 0.717) is 0 Å². The molecule has 0 amide bonds. The predicted molar refractivity (Wildman–Crippen MR) is 143 cm³/mol. The number of hydrogen-bond acceptors (Lipinski definition) is 1. The molecule has 3 aromatic heterocycles. The smallest absolute Gasteiger partial charge is 0.263 e. The maximum atomic E-state index is 14.0. The number of allylic oxidation sites excluding steroid dienone is 4. The molecule has 160 valence electrons. The molecular formula is C31H20N2O. The molecule has 0 saturated heterocycles. The number of aromatic nitrogens is 2. The summed E-state index contributed by atoms with van der Waals surface area (Å²) in [5.74, 6) is 0. The lowest BCUT2D eigenvalue weighted by molar-refractivity contribution is 0.979. The largest absolute Gasteiger partial charge is 0.313 e. The van der Waals surface area contributed by atoms with Crippen LogP contribution in [0.15, 0.2) is 102 Å². The van der Waals surface area contributed by atoms with E-state index in [0.717, 1.165) is 61.7 Å². The first kappa shape index (κ1) is 18.1. The van der Waals surface area contributed by atoms with Gasteiger partial charge < -0.3 is 4.57 Å². The number of para-hydroxylation sites is 2. The molecule has 8 rings (SSSR count). The van der Waals surface area contributed by atoms with Crippen LogP contribution < -0.4 is 5.56 Å². The summed E-state index contributed by atoms with van der Waals surface area (Å²) in [5.41, 5.74) is 5.72. The van der Waals surface area contributed by atoms with Crippen molar-refractivity contribution in [2.24, 2.45) is 0 Å². The highest BCUT2D eigenvalue weighted by Gasteiger charge is 2.22. The second-order valence-corrected chi connectivity index (χ2v) is 9.22. The molecule has 0 N–H and O–H groups in total. The Hall–Kier alpha value is -4.37. The topological polar surface area (TPSA) is 26.4 Å². The van der Waals surface area contributed by atoms with Crippen LogP contribution in [-0.4, -0.2) is 8.97 Å². The van der Waals surface area contributed by atoms with E-state index >= 15 is 0 Å². The van der Waals surface area contributed by atoms with Crippen LogP contribution in [-0.2, 0) is 0 Å². The van der Waals surface area contributed by atoms with E-state index < -0.39 is 0 Å². The molecule has 0 radical (unpaired) electrons. The summed E-state index contributed by atoms with van der Waals surface area (Å²) in [4.78, 5) is 14.0. The van der Waals surface area contributed by atoms with E-state index in [1.165, 1.54) is 16.6 Å². The molecule has 34 heavy (non-hydrogen) atoms. The predicted octanol–water partition coefficient (Wildman–Crippen LogP) is 7.50. The lowest BCUT2D eigenvalue weighted by Gasteiger charge is -2.13. The van der Waals surface area contributed by atoms with E-state index in [1.807, 2.05) is 22.6 Å². The van der Waals surface area contributed by atoms with E-state index in [-0.39, 0.29) is 5.56 Å². The van der Waals surface area contributed by atoms with Crippen LogP contribution in [0, 0.1) is 0 Å². The summed E-state index contributed by atoms with van der Waals surface area (Å²) < 4.78 is 4.37. The first-order valence-electron chi connectivity index (χ1n) is 11.8. The molecule has 1 aliphatic rings. The third-order valence-electron chi connectivity index (χ3n) is 7.51. The van der Waals surface area contributed by atoms with E-state index in [9.17, 15) is 4.79 Å². The molecule has 0 saturated carbocycles. The molecule has 0 aliphatic heterocycles. The Morgan fingerprint density at radius 3 is 2.15 bits per heavy atom. The van der Waals surface area contributed by atoms with Gasteiger partial charge in [-0.05, 0) is 42.5 Å². The average Bonchev–Trinajstić information content (AvgIpc) is 3.41. The van der Waals surface area contributed by atoms with Gasteiger partial charge in [-0.2, -0.15) is 0 Å². The van der Waals surface area contributed by atoms with Crippen LogP contribution in [0.5, 0.6) is 0 Å². The van der Waals surface area contributed by atoms with Gasteiger partial charge in [-0.1, -0.05) is 72.8 Å². The molecule has 0 spiro atoms. The molecule has 0 bridgehead atoms. The van der Waals surface area contributed by atoms with E-state index in [4.69, 9.17) is 0 Å². The molecular weight excluding hydrogens is 416 g/mol. The number of hydrogen-bond donors (Lipinski definition) is 0. The SMILES string of the molecule is O=c1c2ccccc2c2cccc3c4ccc5c(c6ccccc6n5C5=CC=CCC5)c4n1c23. The molecule has 7 aromatic rings. The Morgan fingerprint density at radius 1 is 0.618 bits per heavy atom. The second kappa shape index (κ2) is 6.36. The summed E-state index contributed by atoms with van der Waals surface area (Å²) in [6.07, 6.45) is 8.64. The lowest BCUT2D eigenvalue weighted by Crippen LogP contribution is -2.12. The van der Waals surface area contributed by atoms with Gasteiger partial charge in [0.25, 0.3) is 5.56 Å². The standard InChI is InChI=1S/C31H20N2O/c34-31-24-12-5-4-11-20(24)21-14-8-15-22-23-17-18-27-28(30(23)33(31)29(21)22)25-13-6-7-16-26(25)32(27)19-9-2-1-3-10-19/h1-2,4-9,11-18H,3,10H2. The fourth-order valence-corrected chi connectivity index (χ4v) is 6.14. The minimum absolute atomic E-state index is 0.0541. The van der Waals surface area contributed by atoms with Gasteiger partial charge in [0.05, 0.1) is 22.1 Å². The van der Waals surface area contributed by atoms with Gasteiger partial charge >= 0.3 is 0 Å². The monoisotopic (exact) mass is 436 g/mol. The summed E-state index contributed by atoms with van der Waals surface area (Å²) in [6, 6.07) is 27.4. The maximum absolute atomic E-state index is 14.0. The van der Waals surface area contributed by atoms with Crippen LogP contribution in [0.4, 0.5) is 0 Å². The first-order valence-corrected chi connectivity index (χ1v) is 11.8. The summed E-state index contributed by atoms with van der Waals surface area (Å²) in [6.45, 7) is 0. The maximum Gasteiger partial charge on any atom is 0.263 e. The van der Waals surface area contributed by atoms with Crippen molar-refractivity contribution in [3.05, 3.63) is 107 Å². The van der Waals surface area contributed by atoms with Crippen molar-refractivity contribution in [3.8, 4) is 0 Å². The minimum Gasteiger partial charge on any atom is -0.313 e. The van der Waals surface area contributed by atoms with Crippen LogP contribution in [0.1, 0.15) is 12.8 Å². The lowest BCUT2D eigenvalue weighted by atomic mass is 10.0. The van der Waals surface area contributed by atoms with Gasteiger partial charge in [-0.15, -0.1) is 0 Å². The molecule has 0 fully saturated rings. The molecule has 1 aliphatic carbocycles. The fraction of sp³-hybridized carbons (Fsp3) is 0.0645. The molecule has 3 nitrogen and oxygen atoms in total. The van der Waals surface area contributed by atoms with Crippen molar-refractivity contribution < 1.29 is 0 Å². The van der Waals surface area contributed by atoms with Crippen molar-refractivity contribution in [1.29, 1.82) is 0 Å². The van der Waals surface area contributed by atoms with Gasteiger partial charge in [0, 0.05) is 38.0 Å². The van der Waals surface area contributed by atoms with Gasteiger partial charge in [-0.3, -0.25) is 9.20 Å². The van der Waals surface area contributed by atoms with Crippen molar-refractivity contribution in [1.82, 2.24) is 8.97 Å². The van der Waals surface area contributed by atoms with Crippen LogP contribution in [0.25, 0.3) is 65.5 Å². The molecule has 3 heteroatoms. The Morgan fingerprint density at radius 2 is 1.32 bits per heavy atom. The fourth-order valence-electron chi connectivity index (χ4n) is 6.14. The third kappa shape index (κ3) is 2.10. The minimum atomic E-state index is 0.0541. The number of fused-ring (bicyclic) bond motifs is 9. The molecule has 0 atom stereocenters. The summed E-state index contributed by atoms with van der Waals surface area (Å²) in [5, 5.41) is 7.51. The molecule has 4 aromatic carbocycles. The normalized spacial score (nSPS) is 14.4. The van der Waals surface area contributed by atoms with Crippen molar-refractivity contribution in [2.75, 3.05) is 0 Å². The zero-order valence-electron chi connectivity index (χ0n) is 18.5. The second-order valence-electron chi connectivity index (χ2n) is 9.22. The summed E-state index contributed by atoms with van der Waals surface area (Å²) in [7, 11) is 0. The van der Waals surface area contributed by atoms with Gasteiger partial charge in [0.15, 0.2) is 0 Å². The van der Waals surface area contributed by atoms with Crippen LogP contribution in [0.3, 0.4) is 0 Å². The highest BCUT2D eigenvalue weighted by molar-refractivity contribution is 6.29. The molecule has 3 heterocycles.